The van der Waals surface area contributed by atoms with Gasteiger partial charge in [-0.2, -0.15) is 0 Å². The van der Waals surface area contributed by atoms with Crippen molar-refractivity contribution in [3.05, 3.63) is 35.9 Å². The van der Waals surface area contributed by atoms with Gasteiger partial charge in [0.25, 0.3) is 5.91 Å². The van der Waals surface area contributed by atoms with Crippen molar-refractivity contribution in [1.29, 1.82) is 0 Å². The van der Waals surface area contributed by atoms with E-state index in [-0.39, 0.29) is 25.0 Å². The van der Waals surface area contributed by atoms with Crippen molar-refractivity contribution in [1.82, 2.24) is 10.6 Å². The maximum Gasteiger partial charge on any atom is 0.251 e. The van der Waals surface area contributed by atoms with E-state index >= 15 is 0 Å². The molecule has 2 rings (SSSR count). The summed E-state index contributed by atoms with van der Waals surface area (Å²) in [5, 5.41) is 14.6. The molecule has 0 bridgehead atoms. The van der Waals surface area contributed by atoms with Crippen LogP contribution in [0.1, 0.15) is 29.6 Å². The van der Waals surface area contributed by atoms with Gasteiger partial charge >= 0.3 is 0 Å². The molecule has 0 aliphatic heterocycles. The first kappa shape index (κ1) is 13.5. The average Bonchev–Trinajstić information content (AvgIpc) is 2.41. The van der Waals surface area contributed by atoms with E-state index in [0.29, 0.717) is 5.56 Å². The van der Waals surface area contributed by atoms with Crippen LogP contribution in [-0.2, 0) is 4.79 Å². The molecule has 0 saturated heterocycles. The van der Waals surface area contributed by atoms with Crippen LogP contribution in [0.25, 0.3) is 0 Å². The Morgan fingerprint density at radius 2 is 1.89 bits per heavy atom. The Morgan fingerprint density at radius 3 is 2.42 bits per heavy atom. The summed E-state index contributed by atoms with van der Waals surface area (Å²) in [5.41, 5.74) is 0.0602. The molecule has 0 atom stereocenters. The Morgan fingerprint density at radius 1 is 1.21 bits per heavy atom. The number of aliphatic hydroxyl groups excluding tert-OH is 1. The van der Waals surface area contributed by atoms with E-state index in [4.69, 9.17) is 0 Å². The van der Waals surface area contributed by atoms with Gasteiger partial charge in [0.2, 0.25) is 5.91 Å². The van der Waals surface area contributed by atoms with E-state index in [1.165, 1.54) is 0 Å². The normalized spacial score (nSPS) is 16.3. The number of benzene rings is 1. The van der Waals surface area contributed by atoms with Gasteiger partial charge in [-0.25, -0.2) is 0 Å². The highest BCUT2D eigenvalue weighted by Crippen LogP contribution is 2.30. The average molecular weight is 262 g/mol. The lowest BCUT2D eigenvalue weighted by atomic mass is 9.77. The van der Waals surface area contributed by atoms with Gasteiger partial charge < -0.3 is 15.7 Å². The van der Waals surface area contributed by atoms with Gasteiger partial charge in [-0.05, 0) is 31.4 Å². The van der Waals surface area contributed by atoms with Crippen molar-refractivity contribution < 1.29 is 14.7 Å². The van der Waals surface area contributed by atoms with Crippen molar-refractivity contribution in [3.8, 4) is 0 Å². The van der Waals surface area contributed by atoms with E-state index in [1.54, 1.807) is 24.3 Å². The molecule has 1 aliphatic carbocycles. The second kappa shape index (κ2) is 5.84. The summed E-state index contributed by atoms with van der Waals surface area (Å²) >= 11 is 0. The molecule has 1 saturated carbocycles. The van der Waals surface area contributed by atoms with Gasteiger partial charge in [-0.15, -0.1) is 0 Å². The Labute approximate surface area is 112 Å². The summed E-state index contributed by atoms with van der Waals surface area (Å²) < 4.78 is 0. The third-order valence-electron chi connectivity index (χ3n) is 3.46. The molecule has 19 heavy (non-hydrogen) atoms. The number of amides is 2. The summed E-state index contributed by atoms with van der Waals surface area (Å²) in [6, 6.07) is 8.74. The lowest BCUT2D eigenvalue weighted by Crippen LogP contribution is -2.57. The molecule has 0 unspecified atom stereocenters. The molecular formula is C14H18N2O3. The molecule has 0 radical (unpaired) electrons. The van der Waals surface area contributed by atoms with Gasteiger partial charge in [0.05, 0.1) is 18.7 Å². The second-order valence-corrected chi connectivity index (χ2v) is 4.89. The highest BCUT2D eigenvalue weighted by Gasteiger charge is 2.37. The minimum absolute atomic E-state index is 0.0502. The molecule has 0 aromatic heterocycles. The van der Waals surface area contributed by atoms with Gasteiger partial charge in [-0.3, -0.25) is 9.59 Å². The molecule has 0 heterocycles. The third-order valence-corrected chi connectivity index (χ3v) is 3.46. The molecular weight excluding hydrogens is 244 g/mol. The van der Waals surface area contributed by atoms with Crippen LogP contribution in [0.3, 0.4) is 0 Å². The third kappa shape index (κ3) is 3.32. The molecule has 0 spiro atoms. The highest BCUT2D eigenvalue weighted by atomic mass is 16.3. The molecule has 102 valence electrons. The van der Waals surface area contributed by atoms with Crippen LogP contribution in [0.5, 0.6) is 0 Å². The lowest BCUT2D eigenvalue weighted by Gasteiger charge is -2.40. The fourth-order valence-corrected chi connectivity index (χ4v) is 2.12. The Kier molecular flexibility index (Phi) is 4.16. The Balaban J connectivity index is 1.79. The monoisotopic (exact) mass is 262 g/mol. The molecule has 1 aliphatic rings. The van der Waals surface area contributed by atoms with Crippen LogP contribution < -0.4 is 10.6 Å². The molecule has 3 N–H and O–H groups in total. The standard InChI is InChI=1S/C14H18N2O3/c17-10-14(7-4-8-14)16-12(18)9-15-13(19)11-5-2-1-3-6-11/h1-3,5-6,17H,4,7-10H2,(H,15,19)(H,16,18). The first-order valence-corrected chi connectivity index (χ1v) is 6.40. The van der Waals surface area contributed by atoms with Crippen molar-refractivity contribution in [2.75, 3.05) is 13.2 Å². The number of nitrogens with one attached hydrogen (secondary N) is 2. The minimum Gasteiger partial charge on any atom is -0.394 e. The number of aliphatic hydroxyl groups is 1. The minimum atomic E-state index is -0.464. The molecule has 1 fully saturated rings. The van der Waals surface area contributed by atoms with E-state index in [1.807, 2.05) is 6.07 Å². The van der Waals surface area contributed by atoms with Crippen LogP contribution in [0.15, 0.2) is 30.3 Å². The predicted octanol–water partition coefficient (Wildman–Crippen LogP) is 0.448. The molecule has 2 amide bonds. The molecule has 5 heteroatoms. The van der Waals surface area contributed by atoms with Gasteiger partial charge in [0.1, 0.15) is 0 Å². The number of rotatable bonds is 5. The van der Waals surface area contributed by atoms with E-state index in [9.17, 15) is 14.7 Å². The van der Waals surface area contributed by atoms with Crippen molar-refractivity contribution in [3.63, 3.8) is 0 Å². The van der Waals surface area contributed by atoms with Crippen molar-refractivity contribution in [2.45, 2.75) is 24.8 Å². The summed E-state index contributed by atoms with van der Waals surface area (Å²) in [7, 11) is 0. The SMILES string of the molecule is O=C(CNC(=O)c1ccccc1)NC1(CO)CCC1. The largest absolute Gasteiger partial charge is 0.394 e. The predicted molar refractivity (Wildman–Crippen MR) is 70.6 cm³/mol. The summed E-state index contributed by atoms with van der Waals surface area (Å²) in [6.07, 6.45) is 2.60. The maximum absolute atomic E-state index is 11.7. The fraction of sp³-hybridized carbons (Fsp3) is 0.429. The zero-order chi connectivity index (χ0) is 13.7. The fourth-order valence-electron chi connectivity index (χ4n) is 2.12. The smallest absolute Gasteiger partial charge is 0.251 e. The van der Waals surface area contributed by atoms with Gasteiger partial charge in [0.15, 0.2) is 0 Å². The zero-order valence-electron chi connectivity index (χ0n) is 10.7. The van der Waals surface area contributed by atoms with E-state index < -0.39 is 5.54 Å². The Bertz CT molecular complexity index is 450. The van der Waals surface area contributed by atoms with Crippen LogP contribution in [0.4, 0.5) is 0 Å². The van der Waals surface area contributed by atoms with Crippen LogP contribution in [0, 0.1) is 0 Å². The van der Waals surface area contributed by atoms with E-state index in [0.717, 1.165) is 19.3 Å². The van der Waals surface area contributed by atoms with Crippen LogP contribution in [-0.4, -0.2) is 35.6 Å². The number of hydrogen-bond donors (Lipinski definition) is 3. The molecule has 1 aromatic rings. The number of carbonyl (C=O) groups is 2. The summed E-state index contributed by atoms with van der Waals surface area (Å²) in [5.74, 6) is -0.541. The van der Waals surface area contributed by atoms with Crippen LogP contribution in [0.2, 0.25) is 0 Å². The molecule has 1 aromatic carbocycles. The number of hydrogen-bond acceptors (Lipinski definition) is 3. The number of carbonyl (C=O) groups excluding carboxylic acids is 2. The lowest BCUT2D eigenvalue weighted by molar-refractivity contribution is -0.124. The summed E-state index contributed by atoms with van der Waals surface area (Å²) in [4.78, 5) is 23.4. The Hall–Kier alpha value is -1.88. The molecule has 5 nitrogen and oxygen atoms in total. The topological polar surface area (TPSA) is 78.4 Å². The zero-order valence-corrected chi connectivity index (χ0v) is 10.7. The second-order valence-electron chi connectivity index (χ2n) is 4.89. The van der Waals surface area contributed by atoms with Crippen LogP contribution >= 0.6 is 0 Å². The first-order chi connectivity index (χ1) is 9.15. The van der Waals surface area contributed by atoms with Crippen molar-refractivity contribution >= 4 is 11.8 Å². The van der Waals surface area contributed by atoms with Gasteiger partial charge in [0, 0.05) is 5.56 Å². The summed E-state index contributed by atoms with van der Waals surface area (Å²) in [6.45, 7) is -0.124. The quantitative estimate of drug-likeness (QED) is 0.721. The maximum atomic E-state index is 11.7. The van der Waals surface area contributed by atoms with E-state index in [2.05, 4.69) is 10.6 Å². The highest BCUT2D eigenvalue weighted by molar-refractivity contribution is 5.96. The first-order valence-electron chi connectivity index (χ1n) is 6.40. The van der Waals surface area contributed by atoms with Crippen molar-refractivity contribution in [2.24, 2.45) is 0 Å². The van der Waals surface area contributed by atoms with Gasteiger partial charge in [-0.1, -0.05) is 18.2 Å².